The molecule has 1 heterocycles. The molecule has 20 heavy (non-hydrogen) atoms. The largest absolute Gasteiger partial charge is 0.389 e. The van der Waals surface area contributed by atoms with Crippen molar-refractivity contribution in [2.45, 2.75) is 6.10 Å². The van der Waals surface area contributed by atoms with Crippen LogP contribution in [0, 0.1) is 10.1 Å². The molecule has 1 aromatic rings. The number of nitrogens with zero attached hydrogens (tertiary/aromatic N) is 3. The van der Waals surface area contributed by atoms with E-state index in [0.29, 0.717) is 0 Å². The fourth-order valence-electron chi connectivity index (χ4n) is 1.59. The van der Waals surface area contributed by atoms with E-state index >= 15 is 0 Å². The zero-order valence-electron chi connectivity index (χ0n) is 10.9. The number of amides is 1. The number of nitro groups is 1. The summed E-state index contributed by atoms with van der Waals surface area (Å²) in [6, 6.07) is 1.13. The molecule has 0 saturated heterocycles. The van der Waals surface area contributed by atoms with Crippen LogP contribution in [0.1, 0.15) is 10.4 Å². The average molecular weight is 304 g/mol. The lowest BCUT2D eigenvalue weighted by molar-refractivity contribution is -0.385. The molecule has 0 fully saturated rings. The Kier molecular flexibility index (Phi) is 5.81. The van der Waals surface area contributed by atoms with Gasteiger partial charge in [0.25, 0.3) is 11.6 Å². The number of hydrogen-bond donors (Lipinski definition) is 1. The van der Waals surface area contributed by atoms with Gasteiger partial charge in [-0.15, -0.1) is 0 Å². The highest BCUT2D eigenvalue weighted by Crippen LogP contribution is 2.21. The Hall–Kier alpha value is -1.77. The third-order valence-corrected chi connectivity index (χ3v) is 2.67. The number of halogens is 1. The van der Waals surface area contributed by atoms with Gasteiger partial charge >= 0.3 is 0 Å². The summed E-state index contributed by atoms with van der Waals surface area (Å²) in [4.78, 5) is 27.0. The number of rotatable bonds is 6. The van der Waals surface area contributed by atoms with E-state index in [1.807, 2.05) is 0 Å². The molecule has 9 heteroatoms. The maximum Gasteiger partial charge on any atom is 0.300 e. The van der Waals surface area contributed by atoms with Gasteiger partial charge in [0, 0.05) is 20.7 Å². The molecule has 0 aromatic carbocycles. The van der Waals surface area contributed by atoms with Crippen LogP contribution in [0.4, 0.5) is 5.69 Å². The first-order chi connectivity index (χ1) is 9.36. The Balaban J connectivity index is 2.96. The zero-order valence-corrected chi connectivity index (χ0v) is 11.7. The Labute approximate surface area is 120 Å². The Morgan fingerprint density at radius 1 is 1.70 bits per heavy atom. The Morgan fingerprint density at radius 2 is 2.35 bits per heavy atom. The van der Waals surface area contributed by atoms with Crippen molar-refractivity contribution < 1.29 is 19.6 Å². The van der Waals surface area contributed by atoms with Crippen LogP contribution < -0.4 is 0 Å². The minimum atomic E-state index is -0.884. The predicted molar refractivity (Wildman–Crippen MR) is 70.7 cm³/mol. The van der Waals surface area contributed by atoms with E-state index in [0.717, 1.165) is 17.2 Å². The highest BCUT2D eigenvalue weighted by Gasteiger charge is 2.25. The van der Waals surface area contributed by atoms with E-state index in [2.05, 4.69) is 4.98 Å². The number of aliphatic hydroxyl groups excluding tert-OH is 1. The Morgan fingerprint density at radius 3 is 2.90 bits per heavy atom. The number of aliphatic hydroxyl groups is 1. The molecule has 1 rings (SSSR count). The minimum Gasteiger partial charge on any atom is -0.389 e. The van der Waals surface area contributed by atoms with Crippen LogP contribution in [0.3, 0.4) is 0 Å². The highest BCUT2D eigenvalue weighted by atomic mass is 35.5. The molecule has 0 aliphatic carbocycles. The first-order valence-electron chi connectivity index (χ1n) is 5.59. The minimum absolute atomic E-state index is 0.0233. The van der Waals surface area contributed by atoms with Gasteiger partial charge in [0.05, 0.1) is 17.6 Å². The predicted octanol–water partition coefficient (Wildman–Crippen LogP) is 0.722. The van der Waals surface area contributed by atoms with Crippen LogP contribution in [0.15, 0.2) is 12.3 Å². The molecule has 0 radical (unpaired) electrons. The monoisotopic (exact) mass is 303 g/mol. The number of methoxy groups -OCH3 is 1. The van der Waals surface area contributed by atoms with Crippen LogP contribution >= 0.6 is 11.6 Å². The first-order valence-corrected chi connectivity index (χ1v) is 5.97. The number of carbonyl (C=O) groups excluding carboxylic acids is 1. The van der Waals surface area contributed by atoms with Crippen LogP contribution in [0.5, 0.6) is 0 Å². The number of likely N-dealkylation sites (N-methyl/N-ethyl adjacent to an activating group) is 1. The van der Waals surface area contributed by atoms with Gasteiger partial charge in [0.15, 0.2) is 0 Å². The van der Waals surface area contributed by atoms with Crippen molar-refractivity contribution in [3.05, 3.63) is 33.1 Å². The van der Waals surface area contributed by atoms with Crippen molar-refractivity contribution in [3.63, 3.8) is 0 Å². The maximum atomic E-state index is 12.1. The Bertz CT molecular complexity index is 511. The molecule has 0 aliphatic rings. The van der Waals surface area contributed by atoms with Gasteiger partial charge < -0.3 is 14.7 Å². The number of pyridine rings is 1. The summed E-state index contributed by atoms with van der Waals surface area (Å²) < 4.78 is 4.74. The third-order valence-electron chi connectivity index (χ3n) is 2.47. The van der Waals surface area contributed by atoms with E-state index < -0.39 is 22.6 Å². The van der Waals surface area contributed by atoms with Gasteiger partial charge in [-0.05, 0) is 6.07 Å². The van der Waals surface area contributed by atoms with Crippen molar-refractivity contribution >= 4 is 23.2 Å². The van der Waals surface area contributed by atoms with Crippen molar-refractivity contribution in [1.82, 2.24) is 9.88 Å². The molecule has 1 amide bonds. The van der Waals surface area contributed by atoms with Gasteiger partial charge in [0.2, 0.25) is 0 Å². The molecule has 1 unspecified atom stereocenters. The van der Waals surface area contributed by atoms with E-state index in [-0.39, 0.29) is 23.9 Å². The summed E-state index contributed by atoms with van der Waals surface area (Å²) in [6.45, 7) is 0.0284. The summed E-state index contributed by atoms with van der Waals surface area (Å²) >= 11 is 5.65. The molecule has 1 atom stereocenters. The number of hydrogen-bond acceptors (Lipinski definition) is 6. The molecular weight excluding hydrogens is 290 g/mol. The topological polar surface area (TPSA) is 106 Å². The second kappa shape index (κ2) is 7.13. The number of aromatic nitrogens is 1. The van der Waals surface area contributed by atoms with Gasteiger partial charge in [-0.3, -0.25) is 14.9 Å². The van der Waals surface area contributed by atoms with Crippen LogP contribution in [-0.2, 0) is 4.74 Å². The molecule has 110 valence electrons. The summed E-state index contributed by atoms with van der Waals surface area (Å²) in [5.74, 6) is -0.629. The fourth-order valence-corrected chi connectivity index (χ4v) is 1.75. The quantitative estimate of drug-likeness (QED) is 0.471. The molecule has 0 saturated carbocycles. The standard InChI is InChI=1S/C11H14ClN3O5/c1-14(5-7(16)6-20-2)11(17)8-3-10(12)13-4-9(8)15(18)19/h3-4,7,16H,5-6H2,1-2H3. The van der Waals surface area contributed by atoms with Crippen LogP contribution in [0.2, 0.25) is 5.15 Å². The van der Waals surface area contributed by atoms with Crippen molar-refractivity contribution in [2.75, 3.05) is 27.3 Å². The zero-order chi connectivity index (χ0) is 15.3. The lowest BCUT2D eigenvalue weighted by atomic mass is 10.2. The van der Waals surface area contributed by atoms with Gasteiger partial charge in [-0.2, -0.15) is 0 Å². The van der Waals surface area contributed by atoms with Gasteiger partial charge in [-0.25, -0.2) is 4.98 Å². The van der Waals surface area contributed by atoms with E-state index in [1.54, 1.807) is 0 Å². The third kappa shape index (κ3) is 4.12. The van der Waals surface area contributed by atoms with Gasteiger partial charge in [-0.1, -0.05) is 11.6 Å². The van der Waals surface area contributed by atoms with Crippen LogP contribution in [-0.4, -0.2) is 59.2 Å². The molecular formula is C11H14ClN3O5. The van der Waals surface area contributed by atoms with Crippen molar-refractivity contribution in [3.8, 4) is 0 Å². The average Bonchev–Trinajstić information content (AvgIpc) is 2.37. The fraction of sp³-hybridized carbons (Fsp3) is 0.455. The first kappa shape index (κ1) is 16.3. The SMILES string of the molecule is COCC(O)CN(C)C(=O)c1cc(Cl)ncc1[N+](=O)[O-]. The van der Waals surface area contributed by atoms with E-state index in [1.165, 1.54) is 14.2 Å². The van der Waals surface area contributed by atoms with Crippen LogP contribution in [0.25, 0.3) is 0 Å². The van der Waals surface area contributed by atoms with E-state index in [9.17, 15) is 20.0 Å². The number of ether oxygens (including phenoxy) is 1. The summed E-state index contributed by atoms with van der Waals surface area (Å²) in [5, 5.41) is 20.4. The maximum absolute atomic E-state index is 12.1. The lowest BCUT2D eigenvalue weighted by Gasteiger charge is -2.20. The molecule has 1 aromatic heterocycles. The molecule has 0 spiro atoms. The molecule has 8 nitrogen and oxygen atoms in total. The van der Waals surface area contributed by atoms with Gasteiger partial charge in [0.1, 0.15) is 16.9 Å². The molecule has 1 N–H and O–H groups in total. The summed E-state index contributed by atoms with van der Waals surface area (Å²) in [7, 11) is 2.83. The van der Waals surface area contributed by atoms with E-state index in [4.69, 9.17) is 16.3 Å². The lowest BCUT2D eigenvalue weighted by Crippen LogP contribution is -2.36. The second-order valence-corrected chi connectivity index (χ2v) is 4.46. The molecule has 0 aliphatic heterocycles. The normalized spacial score (nSPS) is 12.0. The highest BCUT2D eigenvalue weighted by molar-refractivity contribution is 6.29. The molecule has 0 bridgehead atoms. The summed E-state index contributed by atoms with van der Waals surface area (Å²) in [6.07, 6.45) is 0.0416. The number of carbonyl (C=O) groups is 1. The smallest absolute Gasteiger partial charge is 0.300 e. The second-order valence-electron chi connectivity index (χ2n) is 4.08. The van der Waals surface area contributed by atoms with Crippen molar-refractivity contribution in [1.29, 1.82) is 0 Å². The van der Waals surface area contributed by atoms with Crippen molar-refractivity contribution in [2.24, 2.45) is 0 Å². The summed E-state index contributed by atoms with van der Waals surface area (Å²) in [5.41, 5.74) is -0.616.